The van der Waals surface area contributed by atoms with E-state index in [9.17, 15) is 0 Å². The van der Waals surface area contributed by atoms with Gasteiger partial charge in [-0.05, 0) is 51.7 Å². The van der Waals surface area contributed by atoms with E-state index in [1.807, 2.05) is 24.3 Å². The van der Waals surface area contributed by atoms with E-state index >= 15 is 0 Å². The van der Waals surface area contributed by atoms with E-state index in [0.29, 0.717) is 12.4 Å². The SMILES string of the molecule is COc1cccc(-c2cnc(/C=C\C(=N)OCCCCN(C)C)[nH]2)c1. The van der Waals surface area contributed by atoms with Gasteiger partial charge in [-0.1, -0.05) is 12.1 Å². The van der Waals surface area contributed by atoms with E-state index in [0.717, 1.165) is 36.4 Å². The van der Waals surface area contributed by atoms with Crippen LogP contribution in [0.1, 0.15) is 18.7 Å². The summed E-state index contributed by atoms with van der Waals surface area (Å²) in [7, 11) is 5.75. The quantitative estimate of drug-likeness (QED) is 0.416. The van der Waals surface area contributed by atoms with Gasteiger partial charge in [0.15, 0.2) is 0 Å². The van der Waals surface area contributed by atoms with Gasteiger partial charge in [-0.2, -0.15) is 0 Å². The minimum Gasteiger partial charge on any atom is -0.497 e. The van der Waals surface area contributed by atoms with Gasteiger partial charge in [0.2, 0.25) is 5.90 Å². The summed E-state index contributed by atoms with van der Waals surface area (Å²) in [5.74, 6) is 1.62. The van der Waals surface area contributed by atoms with Crippen LogP contribution in [0.25, 0.3) is 17.3 Å². The molecule has 0 radical (unpaired) electrons. The Kier molecular flexibility index (Phi) is 7.22. The van der Waals surface area contributed by atoms with Crippen LogP contribution in [0, 0.1) is 5.41 Å². The van der Waals surface area contributed by atoms with Gasteiger partial charge in [0.05, 0.1) is 25.6 Å². The van der Waals surface area contributed by atoms with Crippen LogP contribution in [0.5, 0.6) is 5.75 Å². The van der Waals surface area contributed by atoms with Crippen LogP contribution in [0.4, 0.5) is 0 Å². The summed E-state index contributed by atoms with van der Waals surface area (Å²) in [6, 6.07) is 7.77. The largest absolute Gasteiger partial charge is 0.497 e. The van der Waals surface area contributed by atoms with E-state index in [4.69, 9.17) is 14.9 Å². The molecular formula is C19H26N4O2. The minimum atomic E-state index is 0.143. The number of unbranched alkanes of at least 4 members (excludes halogenated alkanes) is 1. The number of benzene rings is 1. The first kappa shape index (κ1) is 18.7. The fraction of sp³-hybridized carbons (Fsp3) is 0.368. The average molecular weight is 342 g/mol. The lowest BCUT2D eigenvalue weighted by Gasteiger charge is -2.09. The molecule has 2 rings (SSSR count). The Morgan fingerprint density at radius 2 is 2.16 bits per heavy atom. The predicted octanol–water partition coefficient (Wildman–Crippen LogP) is 3.43. The highest BCUT2D eigenvalue weighted by atomic mass is 16.5. The van der Waals surface area contributed by atoms with Crippen molar-refractivity contribution in [3.63, 3.8) is 0 Å². The zero-order chi connectivity index (χ0) is 18.1. The summed E-state index contributed by atoms with van der Waals surface area (Å²) < 4.78 is 10.6. The lowest BCUT2D eigenvalue weighted by molar-refractivity contribution is 0.282. The molecule has 1 heterocycles. The second-order valence-corrected chi connectivity index (χ2v) is 5.97. The smallest absolute Gasteiger partial charge is 0.205 e. The summed E-state index contributed by atoms with van der Waals surface area (Å²) in [5.41, 5.74) is 1.90. The fourth-order valence-corrected chi connectivity index (χ4v) is 2.27. The van der Waals surface area contributed by atoms with Crippen LogP contribution in [-0.4, -0.2) is 55.1 Å². The highest BCUT2D eigenvalue weighted by Gasteiger charge is 2.03. The zero-order valence-electron chi connectivity index (χ0n) is 15.1. The second kappa shape index (κ2) is 9.64. The van der Waals surface area contributed by atoms with Crippen molar-refractivity contribution in [2.24, 2.45) is 0 Å². The molecule has 25 heavy (non-hydrogen) atoms. The Hall–Kier alpha value is -2.60. The fourth-order valence-electron chi connectivity index (χ4n) is 2.27. The molecule has 0 fully saturated rings. The van der Waals surface area contributed by atoms with Crippen LogP contribution in [0.15, 0.2) is 36.5 Å². The molecule has 0 bridgehead atoms. The summed E-state index contributed by atoms with van der Waals surface area (Å²) in [6.45, 7) is 1.59. The number of H-pyrrole nitrogens is 1. The maximum Gasteiger partial charge on any atom is 0.205 e. The van der Waals surface area contributed by atoms with E-state index in [2.05, 4.69) is 29.0 Å². The van der Waals surface area contributed by atoms with Crippen LogP contribution in [-0.2, 0) is 4.74 Å². The Bertz CT molecular complexity index is 707. The lowest BCUT2D eigenvalue weighted by atomic mass is 10.1. The van der Waals surface area contributed by atoms with E-state index in [1.165, 1.54) is 0 Å². The molecule has 0 spiro atoms. The molecular weight excluding hydrogens is 316 g/mol. The topological polar surface area (TPSA) is 74.2 Å². The van der Waals surface area contributed by atoms with Crippen molar-refractivity contribution in [3.8, 4) is 17.0 Å². The number of imidazole rings is 1. The number of hydrogen-bond donors (Lipinski definition) is 2. The molecule has 6 nitrogen and oxygen atoms in total. The van der Waals surface area contributed by atoms with Gasteiger partial charge < -0.3 is 19.4 Å². The number of ether oxygens (including phenoxy) is 2. The lowest BCUT2D eigenvalue weighted by Crippen LogP contribution is -2.13. The van der Waals surface area contributed by atoms with Crippen molar-refractivity contribution in [2.45, 2.75) is 12.8 Å². The molecule has 1 aromatic carbocycles. The average Bonchev–Trinajstić information content (AvgIpc) is 3.08. The number of aromatic nitrogens is 2. The third kappa shape index (κ3) is 6.43. The van der Waals surface area contributed by atoms with E-state index in [1.54, 1.807) is 25.5 Å². The first-order chi connectivity index (χ1) is 12.1. The minimum absolute atomic E-state index is 0.143. The molecule has 0 atom stereocenters. The summed E-state index contributed by atoms with van der Waals surface area (Å²) in [4.78, 5) is 9.66. The van der Waals surface area contributed by atoms with Crippen molar-refractivity contribution in [1.82, 2.24) is 14.9 Å². The molecule has 0 amide bonds. The Morgan fingerprint density at radius 1 is 1.32 bits per heavy atom. The number of hydrogen-bond acceptors (Lipinski definition) is 5. The number of methoxy groups -OCH3 is 1. The van der Waals surface area contributed by atoms with Gasteiger partial charge in [-0.3, -0.25) is 5.41 Å². The van der Waals surface area contributed by atoms with E-state index in [-0.39, 0.29) is 5.90 Å². The van der Waals surface area contributed by atoms with Gasteiger partial charge in [-0.25, -0.2) is 4.98 Å². The molecule has 134 valence electrons. The second-order valence-electron chi connectivity index (χ2n) is 5.97. The third-order valence-electron chi connectivity index (χ3n) is 3.63. The highest BCUT2D eigenvalue weighted by Crippen LogP contribution is 2.22. The standard InChI is InChI=1S/C19H26N4O2/c1-23(2)11-4-5-12-25-18(20)9-10-19-21-14-17(22-19)15-7-6-8-16(13-15)24-3/h6-10,13-14,20H,4-5,11-12H2,1-3H3,(H,21,22)/b10-9-,20-18?. The first-order valence-corrected chi connectivity index (χ1v) is 8.32. The maximum atomic E-state index is 7.80. The van der Waals surface area contributed by atoms with Crippen molar-refractivity contribution in [1.29, 1.82) is 5.41 Å². The number of rotatable bonds is 9. The Balaban J connectivity index is 1.83. The first-order valence-electron chi connectivity index (χ1n) is 8.32. The Morgan fingerprint density at radius 3 is 2.92 bits per heavy atom. The molecule has 2 N–H and O–H groups in total. The Labute approximate surface area is 149 Å². The molecule has 0 saturated heterocycles. The van der Waals surface area contributed by atoms with Gasteiger partial charge >= 0.3 is 0 Å². The van der Waals surface area contributed by atoms with Crippen LogP contribution < -0.4 is 4.74 Å². The van der Waals surface area contributed by atoms with Gasteiger partial charge in [0.1, 0.15) is 11.6 Å². The van der Waals surface area contributed by atoms with Gasteiger partial charge in [0, 0.05) is 11.6 Å². The molecule has 0 saturated carbocycles. The van der Waals surface area contributed by atoms with Crippen molar-refractivity contribution in [2.75, 3.05) is 34.4 Å². The molecule has 2 aromatic rings. The number of aromatic amines is 1. The highest BCUT2D eigenvalue weighted by molar-refractivity contribution is 5.88. The predicted molar refractivity (Wildman–Crippen MR) is 101 cm³/mol. The van der Waals surface area contributed by atoms with Crippen molar-refractivity contribution in [3.05, 3.63) is 42.4 Å². The third-order valence-corrected chi connectivity index (χ3v) is 3.63. The molecule has 0 aliphatic carbocycles. The molecule has 0 aliphatic heterocycles. The summed E-state index contributed by atoms with van der Waals surface area (Å²) in [5, 5.41) is 7.80. The van der Waals surface area contributed by atoms with Crippen molar-refractivity contribution >= 4 is 12.0 Å². The van der Waals surface area contributed by atoms with Crippen LogP contribution >= 0.6 is 0 Å². The van der Waals surface area contributed by atoms with Gasteiger partial charge in [0.25, 0.3) is 0 Å². The van der Waals surface area contributed by atoms with Crippen molar-refractivity contribution < 1.29 is 9.47 Å². The number of nitrogens with one attached hydrogen (secondary N) is 2. The summed E-state index contributed by atoms with van der Waals surface area (Å²) >= 11 is 0. The summed E-state index contributed by atoms with van der Waals surface area (Å²) in [6.07, 6.45) is 7.12. The van der Waals surface area contributed by atoms with E-state index < -0.39 is 0 Å². The maximum absolute atomic E-state index is 7.80. The normalized spacial score (nSPS) is 11.2. The van der Waals surface area contributed by atoms with Crippen LogP contribution in [0.3, 0.4) is 0 Å². The van der Waals surface area contributed by atoms with Crippen LogP contribution in [0.2, 0.25) is 0 Å². The number of nitrogens with zero attached hydrogens (tertiary/aromatic N) is 2. The van der Waals surface area contributed by atoms with Gasteiger partial charge in [-0.15, -0.1) is 0 Å². The zero-order valence-corrected chi connectivity index (χ0v) is 15.1. The molecule has 6 heteroatoms. The monoisotopic (exact) mass is 342 g/mol. The molecule has 0 aliphatic rings. The molecule has 1 aromatic heterocycles. The molecule has 0 unspecified atom stereocenters.